The molecule has 0 aliphatic rings. The van der Waals surface area contributed by atoms with Gasteiger partial charge >= 0.3 is 0 Å². The van der Waals surface area contributed by atoms with Gasteiger partial charge in [-0.25, -0.2) is 0 Å². The molecule has 3 aromatic rings. The normalized spacial score (nSPS) is 12.5. The van der Waals surface area contributed by atoms with E-state index in [2.05, 4.69) is 36.5 Å². The second-order valence-electron chi connectivity index (χ2n) is 6.63. The number of hydrogen-bond acceptors (Lipinski definition) is 3. The molecule has 0 saturated heterocycles. The maximum absolute atomic E-state index is 12.3. The number of nitrogens with zero attached hydrogens (tertiary/aromatic N) is 1. The third kappa shape index (κ3) is 4.48. The van der Waals surface area contributed by atoms with Gasteiger partial charge in [-0.15, -0.1) is 0 Å². The van der Waals surface area contributed by atoms with Gasteiger partial charge < -0.3 is 9.73 Å². The molecule has 1 unspecified atom stereocenters. The maximum atomic E-state index is 12.3. The molecule has 25 heavy (non-hydrogen) atoms. The number of amides is 1. The van der Waals surface area contributed by atoms with E-state index in [4.69, 9.17) is 4.42 Å². The molecule has 130 valence electrons. The van der Waals surface area contributed by atoms with Gasteiger partial charge in [0.25, 0.3) is 0 Å². The molecule has 1 aromatic heterocycles. The Morgan fingerprint density at radius 1 is 1.16 bits per heavy atom. The van der Waals surface area contributed by atoms with E-state index in [-0.39, 0.29) is 11.9 Å². The van der Waals surface area contributed by atoms with Crippen molar-refractivity contribution in [2.75, 3.05) is 13.6 Å². The number of aryl methyl sites for hydroxylation is 1. The van der Waals surface area contributed by atoms with Gasteiger partial charge in [0.05, 0.1) is 12.6 Å². The highest BCUT2D eigenvalue weighted by Gasteiger charge is 2.15. The number of nitrogens with one attached hydrogen (secondary N) is 1. The van der Waals surface area contributed by atoms with Crippen molar-refractivity contribution in [1.29, 1.82) is 0 Å². The van der Waals surface area contributed by atoms with Crippen molar-refractivity contribution in [1.82, 2.24) is 10.2 Å². The summed E-state index contributed by atoms with van der Waals surface area (Å²) in [6, 6.07) is 18.1. The number of benzene rings is 2. The molecule has 3 rings (SSSR count). The van der Waals surface area contributed by atoms with Crippen LogP contribution in [0.2, 0.25) is 0 Å². The molecule has 0 fully saturated rings. The molecule has 0 saturated carbocycles. The largest absolute Gasteiger partial charge is 0.459 e. The molecule has 1 N–H and O–H groups in total. The Bertz CT molecular complexity index is 819. The van der Waals surface area contributed by atoms with E-state index in [9.17, 15) is 4.79 Å². The summed E-state index contributed by atoms with van der Waals surface area (Å²) in [6.45, 7) is 5.10. The number of hydrogen-bond donors (Lipinski definition) is 1. The van der Waals surface area contributed by atoms with Gasteiger partial charge in [-0.1, -0.05) is 48.0 Å². The van der Waals surface area contributed by atoms with Crippen molar-refractivity contribution in [3.05, 3.63) is 71.5 Å². The predicted molar refractivity (Wildman–Crippen MR) is 100 cm³/mol. The zero-order valence-electron chi connectivity index (χ0n) is 15.0. The number of rotatable bonds is 6. The van der Waals surface area contributed by atoms with Gasteiger partial charge in [0.1, 0.15) is 11.3 Å². The molecule has 4 nitrogen and oxygen atoms in total. The van der Waals surface area contributed by atoms with E-state index in [0.717, 1.165) is 23.3 Å². The Balaban J connectivity index is 1.55. The van der Waals surface area contributed by atoms with Gasteiger partial charge in [-0.2, -0.15) is 0 Å². The first-order chi connectivity index (χ1) is 12.0. The van der Waals surface area contributed by atoms with E-state index >= 15 is 0 Å². The Hall–Kier alpha value is -2.59. The number of carbonyl (C=O) groups is 1. The third-order valence-corrected chi connectivity index (χ3v) is 4.24. The molecule has 2 aromatic carbocycles. The second-order valence-corrected chi connectivity index (χ2v) is 6.63. The molecule has 4 heteroatoms. The summed E-state index contributed by atoms with van der Waals surface area (Å²) >= 11 is 0. The molecule has 0 spiro atoms. The zero-order valence-corrected chi connectivity index (χ0v) is 15.0. The van der Waals surface area contributed by atoms with Crippen LogP contribution in [0, 0.1) is 6.92 Å². The van der Waals surface area contributed by atoms with Gasteiger partial charge in [-0.05, 0) is 38.6 Å². The molecule has 0 bridgehead atoms. The highest BCUT2D eigenvalue weighted by molar-refractivity contribution is 5.80. The van der Waals surface area contributed by atoms with Crippen molar-refractivity contribution >= 4 is 16.9 Å². The third-order valence-electron chi connectivity index (χ3n) is 4.24. The van der Waals surface area contributed by atoms with Crippen LogP contribution in [0.5, 0.6) is 0 Å². The molecule has 1 heterocycles. The van der Waals surface area contributed by atoms with E-state index < -0.39 is 0 Å². The summed E-state index contributed by atoms with van der Waals surface area (Å²) in [5, 5.41) is 4.06. The lowest BCUT2D eigenvalue weighted by Crippen LogP contribution is -2.36. The highest BCUT2D eigenvalue weighted by Crippen LogP contribution is 2.23. The average Bonchev–Trinajstić information content (AvgIpc) is 3.01. The van der Waals surface area contributed by atoms with E-state index in [1.807, 2.05) is 49.2 Å². The Kier molecular flexibility index (Phi) is 5.19. The summed E-state index contributed by atoms with van der Waals surface area (Å²) in [4.78, 5) is 14.3. The lowest BCUT2D eigenvalue weighted by Gasteiger charge is -2.18. The Labute approximate surface area is 148 Å². The monoisotopic (exact) mass is 336 g/mol. The molecular formula is C21H24N2O2. The fourth-order valence-electron chi connectivity index (χ4n) is 2.88. The Morgan fingerprint density at radius 2 is 1.88 bits per heavy atom. The first kappa shape index (κ1) is 17.2. The van der Waals surface area contributed by atoms with Gasteiger partial charge in [0.15, 0.2) is 0 Å². The van der Waals surface area contributed by atoms with Crippen LogP contribution in [0.3, 0.4) is 0 Å². The molecule has 0 radical (unpaired) electrons. The first-order valence-electron chi connectivity index (χ1n) is 8.53. The minimum Gasteiger partial charge on any atom is -0.459 e. The summed E-state index contributed by atoms with van der Waals surface area (Å²) < 4.78 is 5.81. The van der Waals surface area contributed by atoms with E-state index in [0.29, 0.717) is 6.54 Å². The predicted octanol–water partition coefficient (Wildman–Crippen LogP) is 4.05. The quantitative estimate of drug-likeness (QED) is 0.738. The standard InChI is InChI=1S/C21H24N2O2/c1-15-8-10-17(11-9-15)13-23(3)14-21(24)22-16(2)20-12-18-6-4-5-7-19(18)25-20/h4-12,16H,13-14H2,1-3H3,(H,22,24). The van der Waals surface area contributed by atoms with E-state index in [1.54, 1.807) is 0 Å². The summed E-state index contributed by atoms with van der Waals surface area (Å²) in [7, 11) is 1.95. The maximum Gasteiger partial charge on any atom is 0.234 e. The zero-order chi connectivity index (χ0) is 17.8. The topological polar surface area (TPSA) is 45.5 Å². The van der Waals surface area contributed by atoms with Crippen LogP contribution >= 0.6 is 0 Å². The van der Waals surface area contributed by atoms with Crippen LogP contribution in [0.1, 0.15) is 29.9 Å². The van der Waals surface area contributed by atoms with Crippen LogP contribution < -0.4 is 5.32 Å². The number of carbonyl (C=O) groups excluding carboxylic acids is 1. The van der Waals surface area contributed by atoms with E-state index in [1.165, 1.54) is 11.1 Å². The van der Waals surface area contributed by atoms with Gasteiger partial charge in [0, 0.05) is 11.9 Å². The molecule has 1 atom stereocenters. The molecule has 0 aliphatic carbocycles. The number of fused-ring (bicyclic) bond motifs is 1. The number of likely N-dealkylation sites (N-methyl/N-ethyl adjacent to an activating group) is 1. The van der Waals surface area contributed by atoms with Gasteiger partial charge in [0.2, 0.25) is 5.91 Å². The second kappa shape index (κ2) is 7.53. The highest BCUT2D eigenvalue weighted by atomic mass is 16.3. The van der Waals surface area contributed by atoms with Crippen LogP contribution in [-0.4, -0.2) is 24.4 Å². The van der Waals surface area contributed by atoms with Crippen molar-refractivity contribution in [2.45, 2.75) is 26.4 Å². The first-order valence-corrected chi connectivity index (χ1v) is 8.53. The number of para-hydroxylation sites is 1. The summed E-state index contributed by atoms with van der Waals surface area (Å²) in [5.41, 5.74) is 3.28. The lowest BCUT2D eigenvalue weighted by molar-refractivity contribution is -0.122. The van der Waals surface area contributed by atoms with Crippen LogP contribution in [0.25, 0.3) is 11.0 Å². The van der Waals surface area contributed by atoms with Crippen molar-refractivity contribution in [3.8, 4) is 0 Å². The van der Waals surface area contributed by atoms with Gasteiger partial charge in [-0.3, -0.25) is 9.69 Å². The number of furan rings is 1. The summed E-state index contributed by atoms with van der Waals surface area (Å²) in [5.74, 6) is 0.762. The minimum absolute atomic E-state index is 0.0115. The van der Waals surface area contributed by atoms with Crippen molar-refractivity contribution in [2.24, 2.45) is 0 Å². The van der Waals surface area contributed by atoms with Crippen LogP contribution in [-0.2, 0) is 11.3 Å². The van der Waals surface area contributed by atoms with Crippen molar-refractivity contribution in [3.63, 3.8) is 0 Å². The fourth-order valence-corrected chi connectivity index (χ4v) is 2.88. The smallest absolute Gasteiger partial charge is 0.234 e. The van der Waals surface area contributed by atoms with Crippen LogP contribution in [0.4, 0.5) is 0 Å². The Morgan fingerprint density at radius 3 is 2.60 bits per heavy atom. The minimum atomic E-state index is -0.160. The van der Waals surface area contributed by atoms with Crippen LogP contribution in [0.15, 0.2) is 59.0 Å². The average molecular weight is 336 g/mol. The fraction of sp³-hybridized carbons (Fsp3) is 0.286. The molecule has 1 amide bonds. The van der Waals surface area contributed by atoms with Crippen molar-refractivity contribution < 1.29 is 9.21 Å². The molecule has 0 aliphatic heterocycles. The SMILES string of the molecule is Cc1ccc(CN(C)CC(=O)NC(C)c2cc3ccccc3o2)cc1. The summed E-state index contributed by atoms with van der Waals surface area (Å²) in [6.07, 6.45) is 0. The lowest BCUT2D eigenvalue weighted by atomic mass is 10.1. The molecular weight excluding hydrogens is 312 g/mol.